The van der Waals surface area contributed by atoms with E-state index < -0.39 is 0 Å². The topological polar surface area (TPSA) is 40.7 Å². The Morgan fingerprint density at radius 3 is 2.45 bits per heavy atom. The van der Waals surface area contributed by atoms with Crippen LogP contribution in [-0.2, 0) is 0 Å². The molecule has 2 N–H and O–H groups in total. The number of nitrogens with one attached hydrogen (secondary N) is 2. The van der Waals surface area contributed by atoms with Gasteiger partial charge in [0.15, 0.2) is 0 Å². The Labute approximate surface area is 120 Å². The van der Waals surface area contributed by atoms with Gasteiger partial charge >= 0.3 is 0 Å². The summed E-state index contributed by atoms with van der Waals surface area (Å²) in [4.78, 5) is 0. The van der Waals surface area contributed by atoms with Crippen LogP contribution in [0, 0.1) is 5.92 Å². The molecule has 1 saturated carbocycles. The van der Waals surface area contributed by atoms with Gasteiger partial charge in [-0.05, 0) is 55.4 Å². The number of rotatable bonds is 4. The molecule has 2 aromatic rings. The highest BCUT2D eigenvalue weighted by Crippen LogP contribution is 2.29. The van der Waals surface area contributed by atoms with Crippen LogP contribution in [0.1, 0.15) is 39.0 Å². The van der Waals surface area contributed by atoms with Gasteiger partial charge < -0.3 is 5.32 Å². The summed E-state index contributed by atoms with van der Waals surface area (Å²) < 4.78 is 0. The van der Waals surface area contributed by atoms with Crippen molar-refractivity contribution < 1.29 is 0 Å². The molecule has 1 aliphatic carbocycles. The summed E-state index contributed by atoms with van der Waals surface area (Å²) in [5.74, 6) is 0.954. The minimum Gasteiger partial charge on any atom is -0.382 e. The zero-order valence-electron chi connectivity index (χ0n) is 12.1. The van der Waals surface area contributed by atoms with Crippen LogP contribution in [0.5, 0.6) is 0 Å². The SMILES string of the molecule is CCC1CCC(Nc2ccc(-c3ccn[nH]3)cc2)CC1. The molecular formula is C17H23N3. The van der Waals surface area contributed by atoms with Gasteiger partial charge in [0.05, 0.1) is 5.69 Å². The standard InChI is InChI=1S/C17H23N3/c1-2-13-3-7-15(8-4-13)19-16-9-5-14(6-10-16)17-11-12-18-20-17/h5-6,9-13,15,19H,2-4,7-8H2,1H3,(H,18,20). The summed E-state index contributed by atoms with van der Waals surface area (Å²) in [6, 6.07) is 11.3. The molecule has 0 aliphatic heterocycles. The molecule has 1 fully saturated rings. The van der Waals surface area contributed by atoms with Crippen molar-refractivity contribution in [1.29, 1.82) is 0 Å². The molecule has 0 amide bonds. The van der Waals surface area contributed by atoms with Crippen LogP contribution in [0.15, 0.2) is 36.5 Å². The van der Waals surface area contributed by atoms with Gasteiger partial charge in [0.2, 0.25) is 0 Å². The van der Waals surface area contributed by atoms with Crippen molar-refractivity contribution in [3.63, 3.8) is 0 Å². The molecule has 0 spiro atoms. The number of hydrogen-bond acceptors (Lipinski definition) is 2. The maximum Gasteiger partial charge on any atom is 0.0650 e. The number of benzene rings is 1. The Kier molecular flexibility index (Phi) is 4.05. The van der Waals surface area contributed by atoms with Crippen molar-refractivity contribution in [3.8, 4) is 11.3 Å². The third-order valence-corrected chi connectivity index (χ3v) is 4.49. The number of hydrogen-bond donors (Lipinski definition) is 2. The van der Waals surface area contributed by atoms with E-state index in [2.05, 4.69) is 46.7 Å². The van der Waals surface area contributed by atoms with Gasteiger partial charge in [-0.2, -0.15) is 5.10 Å². The molecule has 0 saturated heterocycles. The minimum atomic E-state index is 0.649. The van der Waals surface area contributed by atoms with Gasteiger partial charge in [0.1, 0.15) is 0 Å². The average Bonchev–Trinajstić information content (AvgIpc) is 3.03. The summed E-state index contributed by atoms with van der Waals surface area (Å²) >= 11 is 0. The third kappa shape index (κ3) is 3.03. The van der Waals surface area contributed by atoms with Gasteiger partial charge in [-0.3, -0.25) is 5.10 Å². The van der Waals surface area contributed by atoms with Crippen LogP contribution in [0.3, 0.4) is 0 Å². The van der Waals surface area contributed by atoms with E-state index >= 15 is 0 Å². The third-order valence-electron chi connectivity index (χ3n) is 4.49. The van der Waals surface area contributed by atoms with Gasteiger partial charge in [0.25, 0.3) is 0 Å². The molecule has 1 aliphatic rings. The number of H-pyrrole nitrogens is 1. The highest BCUT2D eigenvalue weighted by atomic mass is 15.1. The lowest BCUT2D eigenvalue weighted by atomic mass is 9.84. The second-order valence-electron chi connectivity index (χ2n) is 5.82. The molecule has 3 rings (SSSR count). The highest BCUT2D eigenvalue weighted by molar-refractivity contribution is 5.62. The molecule has 1 heterocycles. The predicted octanol–water partition coefficient (Wildman–Crippen LogP) is 4.46. The van der Waals surface area contributed by atoms with Crippen molar-refractivity contribution in [2.75, 3.05) is 5.32 Å². The van der Waals surface area contributed by atoms with E-state index in [0.29, 0.717) is 6.04 Å². The Balaban J connectivity index is 1.59. The van der Waals surface area contributed by atoms with E-state index in [1.807, 2.05) is 6.07 Å². The van der Waals surface area contributed by atoms with Gasteiger partial charge in [-0.25, -0.2) is 0 Å². The number of aromatic amines is 1. The van der Waals surface area contributed by atoms with E-state index in [1.54, 1.807) is 6.20 Å². The number of nitrogens with zero attached hydrogens (tertiary/aromatic N) is 1. The summed E-state index contributed by atoms with van der Waals surface area (Å²) in [6.07, 6.45) is 8.49. The molecule has 3 heteroatoms. The van der Waals surface area contributed by atoms with Crippen LogP contribution in [0.25, 0.3) is 11.3 Å². The van der Waals surface area contributed by atoms with Crippen LogP contribution in [0.4, 0.5) is 5.69 Å². The Hall–Kier alpha value is -1.77. The quantitative estimate of drug-likeness (QED) is 0.860. The number of anilines is 1. The van der Waals surface area contributed by atoms with Crippen molar-refractivity contribution in [1.82, 2.24) is 10.2 Å². The summed E-state index contributed by atoms with van der Waals surface area (Å²) in [5, 5.41) is 10.7. The van der Waals surface area contributed by atoms with Gasteiger partial charge in [-0.15, -0.1) is 0 Å². The smallest absolute Gasteiger partial charge is 0.0650 e. The fourth-order valence-electron chi connectivity index (χ4n) is 3.11. The van der Waals surface area contributed by atoms with Crippen LogP contribution in [0.2, 0.25) is 0 Å². The van der Waals surface area contributed by atoms with E-state index in [4.69, 9.17) is 0 Å². The lowest BCUT2D eigenvalue weighted by Crippen LogP contribution is -2.25. The molecule has 106 valence electrons. The van der Waals surface area contributed by atoms with Crippen LogP contribution >= 0.6 is 0 Å². The lowest BCUT2D eigenvalue weighted by molar-refractivity contribution is 0.330. The largest absolute Gasteiger partial charge is 0.382 e. The van der Waals surface area contributed by atoms with Gasteiger partial charge in [-0.1, -0.05) is 25.5 Å². The zero-order chi connectivity index (χ0) is 13.8. The highest BCUT2D eigenvalue weighted by Gasteiger charge is 2.19. The van der Waals surface area contributed by atoms with Crippen molar-refractivity contribution in [3.05, 3.63) is 36.5 Å². The molecular weight excluding hydrogens is 246 g/mol. The first-order valence-corrected chi connectivity index (χ1v) is 7.71. The maximum atomic E-state index is 3.99. The second kappa shape index (κ2) is 6.12. The summed E-state index contributed by atoms with van der Waals surface area (Å²) in [5.41, 5.74) is 3.48. The van der Waals surface area contributed by atoms with E-state index in [-0.39, 0.29) is 0 Å². The zero-order valence-corrected chi connectivity index (χ0v) is 12.1. The fraction of sp³-hybridized carbons (Fsp3) is 0.471. The van der Waals surface area contributed by atoms with E-state index in [1.165, 1.54) is 43.4 Å². The first-order chi connectivity index (χ1) is 9.85. The molecule has 20 heavy (non-hydrogen) atoms. The Morgan fingerprint density at radius 2 is 1.85 bits per heavy atom. The Bertz CT molecular complexity index is 508. The van der Waals surface area contributed by atoms with E-state index in [0.717, 1.165) is 11.6 Å². The molecule has 1 aromatic heterocycles. The lowest BCUT2D eigenvalue weighted by Gasteiger charge is -2.29. The molecule has 0 bridgehead atoms. The van der Waals surface area contributed by atoms with Crippen molar-refractivity contribution in [2.24, 2.45) is 5.92 Å². The predicted molar refractivity (Wildman–Crippen MR) is 83.7 cm³/mol. The summed E-state index contributed by atoms with van der Waals surface area (Å²) in [7, 11) is 0. The average molecular weight is 269 g/mol. The molecule has 0 radical (unpaired) electrons. The first-order valence-electron chi connectivity index (χ1n) is 7.71. The normalized spacial score (nSPS) is 22.6. The minimum absolute atomic E-state index is 0.649. The monoisotopic (exact) mass is 269 g/mol. The molecule has 3 nitrogen and oxygen atoms in total. The molecule has 0 atom stereocenters. The Morgan fingerprint density at radius 1 is 1.10 bits per heavy atom. The van der Waals surface area contributed by atoms with Crippen LogP contribution in [-0.4, -0.2) is 16.2 Å². The maximum absolute atomic E-state index is 3.99. The molecule has 1 aromatic carbocycles. The summed E-state index contributed by atoms with van der Waals surface area (Å²) in [6.45, 7) is 2.31. The van der Waals surface area contributed by atoms with Gasteiger partial charge in [0, 0.05) is 17.9 Å². The second-order valence-corrected chi connectivity index (χ2v) is 5.82. The first kappa shape index (κ1) is 13.2. The van der Waals surface area contributed by atoms with Crippen molar-refractivity contribution in [2.45, 2.75) is 45.1 Å². The van der Waals surface area contributed by atoms with Crippen LogP contribution < -0.4 is 5.32 Å². The van der Waals surface area contributed by atoms with Crippen molar-refractivity contribution >= 4 is 5.69 Å². The van der Waals surface area contributed by atoms with E-state index in [9.17, 15) is 0 Å². The fourth-order valence-corrected chi connectivity index (χ4v) is 3.11. The molecule has 0 unspecified atom stereocenters. The number of aromatic nitrogens is 2.